The number of halogens is 2. The Morgan fingerprint density at radius 1 is 1.14 bits per heavy atom. The second-order valence-corrected chi connectivity index (χ2v) is 9.25. The van der Waals surface area contributed by atoms with Gasteiger partial charge < -0.3 is 14.1 Å². The van der Waals surface area contributed by atoms with Crippen molar-refractivity contribution in [2.75, 3.05) is 27.2 Å². The zero-order valence-electron chi connectivity index (χ0n) is 20.5. The van der Waals surface area contributed by atoms with Gasteiger partial charge >= 0.3 is 0 Å². The van der Waals surface area contributed by atoms with Crippen molar-refractivity contribution in [3.8, 4) is 5.75 Å². The highest BCUT2D eigenvalue weighted by atomic mass is 19.1. The van der Waals surface area contributed by atoms with Gasteiger partial charge in [0.1, 0.15) is 11.6 Å². The number of amides is 1. The molecular formula is C28H32F2N2O3. The number of ether oxygens (including phenoxy) is 1. The molecule has 2 heterocycles. The van der Waals surface area contributed by atoms with E-state index in [-0.39, 0.29) is 35.3 Å². The highest BCUT2D eigenvalue weighted by Crippen LogP contribution is 2.29. The van der Waals surface area contributed by atoms with E-state index in [1.807, 2.05) is 6.07 Å². The number of hydrogen-bond donors (Lipinski definition) is 0. The maximum absolute atomic E-state index is 14.6. The number of piperidine rings is 1. The fraction of sp³-hybridized carbons (Fsp3) is 0.393. The topological polar surface area (TPSA) is 45.9 Å². The highest BCUT2D eigenvalue weighted by molar-refractivity contribution is 5.95. The summed E-state index contributed by atoms with van der Waals surface area (Å²) in [5, 5.41) is 0. The summed E-state index contributed by atoms with van der Waals surface area (Å²) in [6.45, 7) is 4.15. The molecule has 1 aliphatic heterocycles. The molecule has 7 heteroatoms. The van der Waals surface area contributed by atoms with Crippen LogP contribution in [0.15, 0.2) is 59.2 Å². The van der Waals surface area contributed by atoms with Gasteiger partial charge in [0.25, 0.3) is 5.91 Å². The lowest BCUT2D eigenvalue weighted by Crippen LogP contribution is -2.47. The van der Waals surface area contributed by atoms with Gasteiger partial charge in [0, 0.05) is 19.6 Å². The number of furan rings is 1. The number of carbonyl (C=O) groups is 1. The number of rotatable bonds is 8. The van der Waals surface area contributed by atoms with Crippen LogP contribution in [0, 0.1) is 24.5 Å². The fourth-order valence-corrected chi connectivity index (χ4v) is 5.01. The van der Waals surface area contributed by atoms with Crippen molar-refractivity contribution < 1.29 is 22.7 Å². The van der Waals surface area contributed by atoms with Gasteiger partial charge in [-0.3, -0.25) is 9.69 Å². The number of methoxy groups -OCH3 is 1. The molecule has 1 aromatic heterocycles. The first-order valence-corrected chi connectivity index (χ1v) is 12.0. The third-order valence-corrected chi connectivity index (χ3v) is 7.09. The zero-order chi connectivity index (χ0) is 24.9. The molecular weight excluding hydrogens is 450 g/mol. The fourth-order valence-electron chi connectivity index (χ4n) is 5.01. The van der Waals surface area contributed by atoms with E-state index in [9.17, 15) is 13.6 Å². The van der Waals surface area contributed by atoms with Crippen molar-refractivity contribution in [3.05, 3.63) is 88.9 Å². The van der Waals surface area contributed by atoms with Gasteiger partial charge in [-0.05, 0) is 80.6 Å². The number of nitrogens with zero attached hydrogens (tertiary/aromatic N) is 2. The Morgan fingerprint density at radius 3 is 2.54 bits per heavy atom. The van der Waals surface area contributed by atoms with Crippen molar-refractivity contribution in [2.24, 2.45) is 5.92 Å². The number of likely N-dealkylation sites (N-methyl/N-ethyl adjacent to an activating group) is 1. The van der Waals surface area contributed by atoms with Crippen molar-refractivity contribution in [1.82, 2.24) is 9.80 Å². The summed E-state index contributed by atoms with van der Waals surface area (Å²) in [6.07, 6.45) is 3.72. The molecule has 0 radical (unpaired) electrons. The molecule has 0 saturated carbocycles. The molecule has 1 amide bonds. The predicted octanol–water partition coefficient (Wildman–Crippen LogP) is 5.47. The summed E-state index contributed by atoms with van der Waals surface area (Å²) >= 11 is 0. The van der Waals surface area contributed by atoms with Gasteiger partial charge in [-0.2, -0.15) is 0 Å². The van der Waals surface area contributed by atoms with E-state index in [2.05, 4.69) is 4.90 Å². The van der Waals surface area contributed by atoms with Crippen LogP contribution >= 0.6 is 0 Å². The Hall–Kier alpha value is -3.19. The van der Waals surface area contributed by atoms with Crippen LogP contribution in [0.3, 0.4) is 0 Å². The van der Waals surface area contributed by atoms with Crippen LogP contribution < -0.4 is 4.74 Å². The van der Waals surface area contributed by atoms with Crippen LogP contribution in [0.2, 0.25) is 0 Å². The van der Waals surface area contributed by atoms with Gasteiger partial charge in [-0.1, -0.05) is 24.3 Å². The van der Waals surface area contributed by atoms with E-state index in [4.69, 9.17) is 9.15 Å². The average Bonchev–Trinajstić information content (AvgIpc) is 3.30. The van der Waals surface area contributed by atoms with E-state index in [0.717, 1.165) is 31.5 Å². The molecule has 0 aliphatic carbocycles. The molecule has 3 aromatic rings. The molecule has 0 spiro atoms. The maximum atomic E-state index is 14.6. The standard InChI is InChI=1S/C28H32F2N2O3/c1-19-23(12-15-35-19)28(33)31(2)26(17-22-6-4-5-7-24(22)29)21-10-13-32(14-11-21)18-20-8-9-25(30)27(16-20)34-3/h4-9,12,15-16,21,26H,10-11,13-14,17-18H2,1-3H3. The monoisotopic (exact) mass is 482 g/mol. The first-order chi connectivity index (χ1) is 16.9. The number of hydrogen-bond acceptors (Lipinski definition) is 4. The average molecular weight is 483 g/mol. The molecule has 0 bridgehead atoms. The Labute approximate surface area is 205 Å². The number of likely N-dealkylation sites (tertiary alicyclic amines) is 1. The molecule has 186 valence electrons. The van der Waals surface area contributed by atoms with Gasteiger partial charge in [0.15, 0.2) is 11.6 Å². The van der Waals surface area contributed by atoms with Crippen LogP contribution in [0.4, 0.5) is 8.78 Å². The lowest BCUT2D eigenvalue weighted by atomic mass is 9.84. The minimum Gasteiger partial charge on any atom is -0.494 e. The summed E-state index contributed by atoms with van der Waals surface area (Å²) in [5.74, 6) is 0.313. The summed E-state index contributed by atoms with van der Waals surface area (Å²) in [5.41, 5.74) is 2.14. The second-order valence-electron chi connectivity index (χ2n) is 9.25. The quantitative estimate of drug-likeness (QED) is 0.427. The maximum Gasteiger partial charge on any atom is 0.257 e. The minimum absolute atomic E-state index is 0.113. The highest BCUT2D eigenvalue weighted by Gasteiger charge is 2.33. The lowest BCUT2D eigenvalue weighted by Gasteiger charge is -2.40. The van der Waals surface area contributed by atoms with Crippen molar-refractivity contribution in [2.45, 2.75) is 38.8 Å². The Balaban J connectivity index is 1.48. The van der Waals surface area contributed by atoms with E-state index < -0.39 is 0 Å². The van der Waals surface area contributed by atoms with Crippen LogP contribution in [0.1, 0.15) is 40.1 Å². The predicted molar refractivity (Wildman–Crippen MR) is 130 cm³/mol. The molecule has 1 fully saturated rings. The number of carbonyl (C=O) groups excluding carboxylic acids is 1. The summed E-state index contributed by atoms with van der Waals surface area (Å²) in [6, 6.07) is 13.3. The Morgan fingerprint density at radius 2 is 1.89 bits per heavy atom. The normalized spacial score (nSPS) is 15.7. The summed E-state index contributed by atoms with van der Waals surface area (Å²) in [7, 11) is 3.27. The molecule has 1 unspecified atom stereocenters. The first-order valence-electron chi connectivity index (χ1n) is 12.0. The van der Waals surface area contributed by atoms with Crippen LogP contribution in [0.25, 0.3) is 0 Å². The van der Waals surface area contributed by atoms with E-state index in [0.29, 0.717) is 29.9 Å². The molecule has 1 atom stereocenters. The molecule has 1 aliphatic rings. The van der Waals surface area contributed by atoms with Crippen molar-refractivity contribution >= 4 is 5.91 Å². The van der Waals surface area contributed by atoms with Gasteiger partial charge in [0.2, 0.25) is 0 Å². The summed E-state index contributed by atoms with van der Waals surface area (Å²) in [4.78, 5) is 17.4. The minimum atomic E-state index is -0.369. The molecule has 0 N–H and O–H groups in total. The Kier molecular flexibility index (Phi) is 7.86. The molecule has 5 nitrogen and oxygen atoms in total. The molecule has 2 aromatic carbocycles. The van der Waals surface area contributed by atoms with Crippen LogP contribution in [0.5, 0.6) is 5.75 Å². The summed E-state index contributed by atoms with van der Waals surface area (Å²) < 4.78 is 38.8. The smallest absolute Gasteiger partial charge is 0.257 e. The van der Waals surface area contributed by atoms with E-state index in [1.165, 1.54) is 25.5 Å². The number of benzene rings is 2. The van der Waals surface area contributed by atoms with Gasteiger partial charge in [0.05, 0.1) is 18.9 Å². The van der Waals surface area contributed by atoms with Crippen molar-refractivity contribution in [1.29, 1.82) is 0 Å². The van der Waals surface area contributed by atoms with E-state index in [1.54, 1.807) is 49.2 Å². The van der Waals surface area contributed by atoms with Gasteiger partial charge in [-0.25, -0.2) is 8.78 Å². The molecule has 1 saturated heterocycles. The largest absolute Gasteiger partial charge is 0.494 e. The van der Waals surface area contributed by atoms with Crippen molar-refractivity contribution in [3.63, 3.8) is 0 Å². The first kappa shape index (κ1) is 24.9. The van der Waals surface area contributed by atoms with Crippen LogP contribution in [-0.2, 0) is 13.0 Å². The lowest BCUT2D eigenvalue weighted by molar-refractivity contribution is 0.0581. The SMILES string of the molecule is COc1cc(CN2CCC(C(Cc3ccccc3F)N(C)C(=O)c3ccoc3C)CC2)ccc1F. The molecule has 4 rings (SSSR count). The third kappa shape index (κ3) is 5.73. The molecule has 35 heavy (non-hydrogen) atoms. The second kappa shape index (κ2) is 11.0. The third-order valence-electron chi connectivity index (χ3n) is 7.09. The van der Waals surface area contributed by atoms with Gasteiger partial charge in [-0.15, -0.1) is 0 Å². The number of aryl methyl sites for hydroxylation is 1. The van der Waals surface area contributed by atoms with E-state index >= 15 is 0 Å². The van der Waals surface area contributed by atoms with Crippen LogP contribution in [-0.4, -0.2) is 49.0 Å². The zero-order valence-corrected chi connectivity index (χ0v) is 20.5. The Bertz CT molecular complexity index is 1150.